The Morgan fingerprint density at radius 1 is 1.13 bits per heavy atom. The van der Waals surface area contributed by atoms with Crippen molar-refractivity contribution in [1.29, 1.82) is 0 Å². The molecule has 1 heterocycles. The summed E-state index contributed by atoms with van der Waals surface area (Å²) in [6.07, 6.45) is -5.31. The van der Waals surface area contributed by atoms with Gasteiger partial charge >= 0.3 is 12.1 Å². The first-order valence-corrected chi connectivity index (χ1v) is 13.9. The molecule has 1 aliphatic heterocycles. The zero-order valence-corrected chi connectivity index (χ0v) is 23.3. The van der Waals surface area contributed by atoms with E-state index in [0.717, 1.165) is 22.5 Å². The van der Waals surface area contributed by atoms with Crippen molar-refractivity contribution in [2.45, 2.75) is 70.2 Å². The SMILES string of the molecule is CC(C)C(=O)NCC[C@H]1CN(S(=O)(=O)c2cccc(C(F)(F)F)c2)c2cc(CC(=O)OC(C)(C)C)ccc2O1. The van der Waals surface area contributed by atoms with Crippen molar-refractivity contribution < 1.29 is 40.7 Å². The van der Waals surface area contributed by atoms with E-state index in [0.29, 0.717) is 11.6 Å². The minimum atomic E-state index is -4.73. The van der Waals surface area contributed by atoms with Crippen LogP contribution in [-0.2, 0) is 36.9 Å². The number of alkyl halides is 3. The third-order valence-corrected chi connectivity index (χ3v) is 7.54. The molecule has 214 valence electrons. The Morgan fingerprint density at radius 2 is 1.82 bits per heavy atom. The summed E-state index contributed by atoms with van der Waals surface area (Å²) in [5.41, 5.74) is -1.27. The predicted molar refractivity (Wildman–Crippen MR) is 139 cm³/mol. The highest BCUT2D eigenvalue weighted by Gasteiger charge is 2.37. The number of sulfonamides is 1. The summed E-state index contributed by atoms with van der Waals surface area (Å²) in [6, 6.07) is 8.10. The van der Waals surface area contributed by atoms with Crippen LogP contribution in [0.25, 0.3) is 0 Å². The van der Waals surface area contributed by atoms with Crippen LogP contribution in [0.2, 0.25) is 0 Å². The number of carbonyl (C=O) groups excluding carboxylic acids is 2. The summed E-state index contributed by atoms with van der Waals surface area (Å²) in [5, 5.41) is 2.75. The predicted octanol–water partition coefficient (Wildman–Crippen LogP) is 4.71. The van der Waals surface area contributed by atoms with Gasteiger partial charge in [0.25, 0.3) is 10.0 Å². The van der Waals surface area contributed by atoms with Crippen LogP contribution in [0.1, 0.15) is 52.2 Å². The molecular weight excluding hydrogens is 537 g/mol. The van der Waals surface area contributed by atoms with Crippen molar-refractivity contribution >= 4 is 27.6 Å². The maximum Gasteiger partial charge on any atom is 0.416 e. The molecule has 1 atom stereocenters. The van der Waals surface area contributed by atoms with Crippen LogP contribution in [-0.4, -0.2) is 45.1 Å². The molecule has 3 rings (SSSR count). The molecule has 2 aromatic rings. The van der Waals surface area contributed by atoms with Gasteiger partial charge in [0, 0.05) is 18.9 Å². The standard InChI is InChI=1S/C27H33F3N2O6S/c1-17(2)25(34)31-12-11-20-16-32(39(35,36)21-8-6-7-19(15-21)27(28,29)30)22-13-18(9-10-23(22)37-20)14-24(33)38-26(3,4)5/h6-10,13,15,17,20H,11-12,14,16H2,1-5H3,(H,31,34)/t20-/m0/s1. The molecular formula is C27H33F3N2O6S. The number of esters is 1. The van der Waals surface area contributed by atoms with Crippen molar-refractivity contribution in [2.75, 3.05) is 17.4 Å². The highest BCUT2D eigenvalue weighted by Crippen LogP contribution is 2.39. The average molecular weight is 571 g/mol. The number of hydrogen-bond donors (Lipinski definition) is 1. The fourth-order valence-electron chi connectivity index (χ4n) is 3.91. The van der Waals surface area contributed by atoms with Gasteiger partial charge in [0.2, 0.25) is 5.91 Å². The second-order valence-electron chi connectivity index (χ2n) is 10.6. The van der Waals surface area contributed by atoms with Gasteiger partial charge in [0.05, 0.1) is 29.1 Å². The number of ether oxygens (including phenoxy) is 2. The average Bonchev–Trinajstić information content (AvgIpc) is 2.81. The van der Waals surface area contributed by atoms with E-state index >= 15 is 0 Å². The normalized spacial score (nSPS) is 15.9. The topological polar surface area (TPSA) is 102 Å². The first-order chi connectivity index (χ1) is 18.0. The van der Waals surface area contributed by atoms with Gasteiger partial charge in [0.1, 0.15) is 17.5 Å². The molecule has 0 aliphatic carbocycles. The fourth-order valence-corrected chi connectivity index (χ4v) is 5.46. The molecule has 0 saturated heterocycles. The number of amides is 1. The van der Waals surface area contributed by atoms with E-state index in [-0.39, 0.29) is 49.2 Å². The largest absolute Gasteiger partial charge is 0.486 e. The van der Waals surface area contributed by atoms with E-state index in [2.05, 4.69) is 5.32 Å². The number of carbonyl (C=O) groups is 2. The number of halogens is 3. The highest BCUT2D eigenvalue weighted by molar-refractivity contribution is 7.92. The quantitative estimate of drug-likeness (QED) is 0.462. The highest BCUT2D eigenvalue weighted by atomic mass is 32.2. The number of nitrogens with one attached hydrogen (secondary N) is 1. The molecule has 8 nitrogen and oxygen atoms in total. The van der Waals surface area contributed by atoms with Gasteiger partial charge in [-0.2, -0.15) is 13.2 Å². The van der Waals surface area contributed by atoms with Crippen LogP contribution < -0.4 is 14.4 Å². The van der Waals surface area contributed by atoms with Crippen molar-refractivity contribution in [1.82, 2.24) is 5.32 Å². The van der Waals surface area contributed by atoms with Gasteiger partial charge in [-0.15, -0.1) is 0 Å². The lowest BCUT2D eigenvalue weighted by atomic mass is 10.1. The summed E-state index contributed by atoms with van der Waals surface area (Å²) in [6.45, 7) is 8.64. The molecule has 1 N–H and O–H groups in total. The number of benzene rings is 2. The minimum Gasteiger partial charge on any atom is -0.486 e. The van der Waals surface area contributed by atoms with Gasteiger partial charge < -0.3 is 14.8 Å². The van der Waals surface area contributed by atoms with E-state index in [1.165, 1.54) is 12.1 Å². The Kier molecular flexibility index (Phi) is 8.88. The Balaban J connectivity index is 1.97. The molecule has 0 aromatic heterocycles. The fraction of sp³-hybridized carbons (Fsp3) is 0.481. The zero-order chi connectivity index (χ0) is 29.2. The molecule has 0 spiro atoms. The number of nitrogens with zero attached hydrogens (tertiary/aromatic N) is 1. The maximum atomic E-state index is 13.7. The van der Waals surface area contributed by atoms with Crippen molar-refractivity contribution in [3.05, 3.63) is 53.6 Å². The van der Waals surface area contributed by atoms with Crippen LogP contribution in [0.15, 0.2) is 47.4 Å². The van der Waals surface area contributed by atoms with Crippen LogP contribution in [0, 0.1) is 5.92 Å². The lowest BCUT2D eigenvalue weighted by molar-refractivity contribution is -0.154. The molecule has 0 fully saturated rings. The van der Waals surface area contributed by atoms with Crippen LogP contribution in [0.5, 0.6) is 5.75 Å². The van der Waals surface area contributed by atoms with Crippen LogP contribution in [0.4, 0.5) is 18.9 Å². The van der Waals surface area contributed by atoms with Crippen molar-refractivity contribution in [3.8, 4) is 5.75 Å². The molecule has 1 amide bonds. The first kappa shape index (κ1) is 30.3. The smallest absolute Gasteiger partial charge is 0.416 e. The van der Waals surface area contributed by atoms with Crippen molar-refractivity contribution in [2.24, 2.45) is 5.92 Å². The molecule has 2 aromatic carbocycles. The number of fused-ring (bicyclic) bond motifs is 1. The molecule has 0 bridgehead atoms. The van der Waals surface area contributed by atoms with Gasteiger partial charge in [-0.25, -0.2) is 8.42 Å². The Labute approximate surface area is 226 Å². The van der Waals surface area contributed by atoms with E-state index < -0.39 is 44.3 Å². The van der Waals surface area contributed by atoms with E-state index in [1.807, 2.05) is 0 Å². The van der Waals surface area contributed by atoms with Gasteiger partial charge in [-0.1, -0.05) is 26.0 Å². The molecule has 0 radical (unpaired) electrons. The van der Waals surface area contributed by atoms with Gasteiger partial charge in [-0.05, 0) is 56.7 Å². The molecule has 1 aliphatic rings. The second kappa shape index (κ2) is 11.4. The zero-order valence-electron chi connectivity index (χ0n) is 22.5. The van der Waals surface area contributed by atoms with Crippen LogP contribution >= 0.6 is 0 Å². The van der Waals surface area contributed by atoms with Crippen molar-refractivity contribution in [3.63, 3.8) is 0 Å². The second-order valence-corrected chi connectivity index (χ2v) is 12.5. The molecule has 12 heteroatoms. The third kappa shape index (κ3) is 7.87. The summed E-state index contributed by atoms with van der Waals surface area (Å²) in [4.78, 5) is 23.8. The lowest BCUT2D eigenvalue weighted by Crippen LogP contribution is -2.45. The molecule has 0 saturated carbocycles. The Morgan fingerprint density at radius 3 is 2.44 bits per heavy atom. The van der Waals surface area contributed by atoms with Gasteiger partial charge in [-0.3, -0.25) is 13.9 Å². The Bertz CT molecular complexity index is 1320. The summed E-state index contributed by atoms with van der Waals surface area (Å²) in [7, 11) is -4.47. The molecule has 0 unspecified atom stereocenters. The Hall–Kier alpha value is -3.28. The first-order valence-electron chi connectivity index (χ1n) is 12.5. The summed E-state index contributed by atoms with van der Waals surface area (Å²) >= 11 is 0. The number of rotatable bonds is 8. The van der Waals surface area contributed by atoms with E-state index in [4.69, 9.17) is 9.47 Å². The number of hydrogen-bond acceptors (Lipinski definition) is 6. The number of anilines is 1. The summed E-state index contributed by atoms with van der Waals surface area (Å²) in [5.74, 6) is -0.749. The van der Waals surface area contributed by atoms with E-state index in [9.17, 15) is 31.2 Å². The monoisotopic (exact) mass is 570 g/mol. The molecule has 39 heavy (non-hydrogen) atoms. The third-order valence-electron chi connectivity index (χ3n) is 5.76. The van der Waals surface area contributed by atoms with Gasteiger partial charge in [0.15, 0.2) is 0 Å². The maximum absolute atomic E-state index is 13.7. The van der Waals surface area contributed by atoms with Crippen LogP contribution in [0.3, 0.4) is 0 Å². The minimum absolute atomic E-state index is 0.0935. The lowest BCUT2D eigenvalue weighted by Gasteiger charge is -2.36. The van der Waals surface area contributed by atoms with E-state index in [1.54, 1.807) is 40.7 Å². The summed E-state index contributed by atoms with van der Waals surface area (Å²) < 4.78 is 79.8.